The van der Waals surface area contributed by atoms with Crippen molar-refractivity contribution in [2.24, 2.45) is 5.41 Å². The number of halogens is 1. The Morgan fingerprint density at radius 3 is 3.00 bits per heavy atom. The van der Waals surface area contributed by atoms with Crippen molar-refractivity contribution in [2.75, 3.05) is 11.9 Å². The zero-order valence-electron chi connectivity index (χ0n) is 13.6. The molecule has 4 heterocycles. The van der Waals surface area contributed by atoms with Crippen molar-refractivity contribution in [3.8, 4) is 11.3 Å². The van der Waals surface area contributed by atoms with Gasteiger partial charge in [-0.2, -0.15) is 10.1 Å². The van der Waals surface area contributed by atoms with E-state index in [1.807, 2.05) is 24.5 Å². The van der Waals surface area contributed by atoms with Crippen LogP contribution in [0.4, 0.5) is 5.95 Å². The van der Waals surface area contributed by atoms with Gasteiger partial charge in [-0.25, -0.2) is 14.5 Å². The van der Waals surface area contributed by atoms with Gasteiger partial charge in [-0.05, 0) is 30.4 Å². The fraction of sp³-hybridized carbons (Fsp3) is 0.294. The maximum atomic E-state index is 6.12. The summed E-state index contributed by atoms with van der Waals surface area (Å²) >= 11 is 6.12. The Kier molecular flexibility index (Phi) is 3.03. The maximum Gasteiger partial charge on any atom is 0.224 e. The van der Waals surface area contributed by atoms with Gasteiger partial charge in [0, 0.05) is 29.9 Å². The summed E-state index contributed by atoms with van der Waals surface area (Å²) in [7, 11) is 0. The molecule has 4 aromatic rings. The smallest absolute Gasteiger partial charge is 0.224 e. The topological polar surface area (TPSA) is 83.8 Å². The standard InChI is InChI=1S/C17H16ClN7/c1-17(4-5-17)9-22-16-21-7-11-10(6-20-15(11)23-16)12-2-3-14-19-8-13(18)25(14)24-12/h2-3,6-8H,4-5,9H2,1H3,(H2,20,21,22,23). The van der Waals surface area contributed by atoms with Crippen LogP contribution in [-0.4, -0.2) is 36.1 Å². The summed E-state index contributed by atoms with van der Waals surface area (Å²) in [5, 5.41) is 9.29. The first-order valence-corrected chi connectivity index (χ1v) is 8.58. The fourth-order valence-electron chi connectivity index (χ4n) is 2.88. The molecule has 0 unspecified atom stereocenters. The molecule has 0 amide bonds. The van der Waals surface area contributed by atoms with Crippen molar-refractivity contribution < 1.29 is 0 Å². The van der Waals surface area contributed by atoms with E-state index in [2.05, 4.69) is 37.3 Å². The average Bonchev–Trinajstić information content (AvgIpc) is 3.05. The molecule has 1 fully saturated rings. The lowest BCUT2D eigenvalue weighted by Gasteiger charge is -2.09. The van der Waals surface area contributed by atoms with Crippen molar-refractivity contribution in [1.82, 2.24) is 29.5 Å². The molecular weight excluding hydrogens is 338 g/mol. The zero-order valence-corrected chi connectivity index (χ0v) is 14.4. The van der Waals surface area contributed by atoms with Gasteiger partial charge in [-0.1, -0.05) is 18.5 Å². The molecule has 1 saturated carbocycles. The lowest BCUT2D eigenvalue weighted by Crippen LogP contribution is -2.13. The molecule has 0 atom stereocenters. The van der Waals surface area contributed by atoms with E-state index < -0.39 is 0 Å². The summed E-state index contributed by atoms with van der Waals surface area (Å²) in [6.07, 6.45) is 7.83. The molecule has 7 nitrogen and oxygen atoms in total. The van der Waals surface area contributed by atoms with Gasteiger partial charge in [0.1, 0.15) is 5.65 Å². The normalized spacial score (nSPS) is 15.8. The molecule has 0 spiro atoms. The molecule has 5 rings (SSSR count). The molecule has 1 aliphatic rings. The van der Waals surface area contributed by atoms with Gasteiger partial charge < -0.3 is 10.3 Å². The Morgan fingerprint density at radius 2 is 2.16 bits per heavy atom. The summed E-state index contributed by atoms with van der Waals surface area (Å²) in [4.78, 5) is 16.4. The van der Waals surface area contributed by atoms with Crippen LogP contribution in [0.3, 0.4) is 0 Å². The van der Waals surface area contributed by atoms with Gasteiger partial charge in [0.2, 0.25) is 5.95 Å². The van der Waals surface area contributed by atoms with Crippen LogP contribution in [0.2, 0.25) is 5.15 Å². The van der Waals surface area contributed by atoms with Gasteiger partial charge in [0.05, 0.1) is 11.9 Å². The number of nitrogens with zero attached hydrogens (tertiary/aromatic N) is 5. The third-order valence-corrected chi connectivity index (χ3v) is 5.06. The number of hydrogen-bond acceptors (Lipinski definition) is 5. The summed E-state index contributed by atoms with van der Waals surface area (Å²) in [5.74, 6) is 0.648. The number of imidazole rings is 1. The van der Waals surface area contributed by atoms with E-state index in [4.69, 9.17) is 11.6 Å². The molecule has 25 heavy (non-hydrogen) atoms. The minimum absolute atomic E-state index is 0.405. The molecule has 1 aliphatic carbocycles. The Balaban J connectivity index is 1.51. The van der Waals surface area contributed by atoms with Crippen LogP contribution in [0.5, 0.6) is 0 Å². The third kappa shape index (κ3) is 2.51. The van der Waals surface area contributed by atoms with Crippen molar-refractivity contribution >= 4 is 34.2 Å². The Morgan fingerprint density at radius 1 is 1.28 bits per heavy atom. The largest absolute Gasteiger partial charge is 0.354 e. The molecule has 4 aromatic heterocycles. The highest BCUT2D eigenvalue weighted by atomic mass is 35.5. The molecule has 0 aromatic carbocycles. The first-order valence-electron chi connectivity index (χ1n) is 8.20. The summed E-state index contributed by atoms with van der Waals surface area (Å²) < 4.78 is 1.61. The lowest BCUT2D eigenvalue weighted by atomic mass is 10.1. The van der Waals surface area contributed by atoms with Crippen LogP contribution in [0.15, 0.2) is 30.7 Å². The van der Waals surface area contributed by atoms with E-state index in [0.29, 0.717) is 22.2 Å². The monoisotopic (exact) mass is 353 g/mol. The van der Waals surface area contributed by atoms with Crippen molar-refractivity contribution in [2.45, 2.75) is 19.8 Å². The summed E-state index contributed by atoms with van der Waals surface area (Å²) in [5.41, 5.74) is 3.62. The predicted molar refractivity (Wildman–Crippen MR) is 96.7 cm³/mol. The number of nitrogens with one attached hydrogen (secondary N) is 2. The second-order valence-corrected chi connectivity index (χ2v) is 7.28. The van der Waals surface area contributed by atoms with Crippen LogP contribution in [0.25, 0.3) is 27.9 Å². The highest BCUT2D eigenvalue weighted by Gasteiger charge is 2.36. The van der Waals surface area contributed by atoms with Gasteiger partial charge >= 0.3 is 0 Å². The number of H-pyrrole nitrogens is 1. The number of fused-ring (bicyclic) bond motifs is 2. The lowest BCUT2D eigenvalue weighted by molar-refractivity contribution is 0.608. The first-order chi connectivity index (χ1) is 12.1. The second-order valence-electron chi connectivity index (χ2n) is 6.89. The van der Waals surface area contributed by atoms with E-state index in [9.17, 15) is 0 Å². The molecule has 0 bridgehead atoms. The molecule has 126 valence electrons. The van der Waals surface area contributed by atoms with Crippen molar-refractivity contribution in [3.05, 3.63) is 35.9 Å². The van der Waals surface area contributed by atoms with E-state index in [1.54, 1.807) is 10.7 Å². The third-order valence-electron chi connectivity index (χ3n) is 4.81. The van der Waals surface area contributed by atoms with Crippen molar-refractivity contribution in [3.63, 3.8) is 0 Å². The average molecular weight is 354 g/mol. The SMILES string of the molecule is CC1(CNc2ncc3c(-c4ccc5ncc(Cl)n5n4)c[nH]c3n2)CC1. The molecule has 8 heteroatoms. The molecular formula is C17H16ClN7. The minimum Gasteiger partial charge on any atom is -0.354 e. The molecule has 0 saturated heterocycles. The van der Waals surface area contributed by atoms with E-state index in [-0.39, 0.29) is 0 Å². The van der Waals surface area contributed by atoms with Gasteiger partial charge in [0.25, 0.3) is 0 Å². The number of hydrogen-bond donors (Lipinski definition) is 2. The second kappa shape index (κ2) is 5.16. The Hall–Kier alpha value is -2.67. The van der Waals surface area contributed by atoms with E-state index in [0.717, 1.165) is 28.8 Å². The van der Waals surface area contributed by atoms with Gasteiger partial charge in [-0.15, -0.1) is 0 Å². The number of aromatic nitrogens is 6. The highest BCUT2D eigenvalue weighted by Crippen LogP contribution is 2.44. The van der Waals surface area contributed by atoms with Crippen LogP contribution >= 0.6 is 11.6 Å². The zero-order chi connectivity index (χ0) is 17.0. The van der Waals surface area contributed by atoms with Crippen LogP contribution < -0.4 is 5.32 Å². The number of rotatable bonds is 4. The molecule has 2 N–H and O–H groups in total. The first kappa shape index (κ1) is 14.7. The molecule has 0 aliphatic heterocycles. The van der Waals surface area contributed by atoms with Gasteiger partial charge in [-0.3, -0.25) is 0 Å². The maximum absolute atomic E-state index is 6.12. The highest BCUT2D eigenvalue weighted by molar-refractivity contribution is 6.29. The number of anilines is 1. The van der Waals surface area contributed by atoms with Crippen molar-refractivity contribution in [1.29, 1.82) is 0 Å². The van der Waals surface area contributed by atoms with E-state index >= 15 is 0 Å². The fourth-order valence-corrected chi connectivity index (χ4v) is 3.05. The van der Waals surface area contributed by atoms with E-state index in [1.165, 1.54) is 12.8 Å². The minimum atomic E-state index is 0.405. The summed E-state index contributed by atoms with van der Waals surface area (Å²) in [6, 6.07) is 3.81. The van der Waals surface area contributed by atoms with Gasteiger partial charge in [0.15, 0.2) is 10.8 Å². The van der Waals surface area contributed by atoms with Crippen LogP contribution in [0.1, 0.15) is 19.8 Å². The Labute approximate surface area is 148 Å². The molecule has 0 radical (unpaired) electrons. The quantitative estimate of drug-likeness (QED) is 0.586. The van der Waals surface area contributed by atoms with Crippen LogP contribution in [-0.2, 0) is 0 Å². The van der Waals surface area contributed by atoms with Crippen LogP contribution in [0, 0.1) is 5.41 Å². The number of aromatic amines is 1. The predicted octanol–water partition coefficient (Wildman–Crippen LogP) is 3.53. The summed E-state index contributed by atoms with van der Waals surface area (Å²) in [6.45, 7) is 3.18. The Bertz CT molecular complexity index is 1090.